The van der Waals surface area contributed by atoms with Gasteiger partial charge in [0.15, 0.2) is 0 Å². The smallest absolute Gasteiger partial charge is 0.135 e. The summed E-state index contributed by atoms with van der Waals surface area (Å²) in [6, 6.07) is 10.9. The maximum atomic E-state index is 13.8. The minimum absolute atomic E-state index is 0.115. The highest BCUT2D eigenvalue weighted by Crippen LogP contribution is 2.29. The van der Waals surface area contributed by atoms with Gasteiger partial charge in [-0.25, -0.2) is 18.7 Å². The highest BCUT2D eigenvalue weighted by molar-refractivity contribution is 5.92. The first kappa shape index (κ1) is 10.8. The van der Waals surface area contributed by atoms with Crippen LogP contribution in [0.2, 0.25) is 0 Å². The number of aromatic nitrogens is 2. The van der Waals surface area contributed by atoms with Crippen LogP contribution in [0.25, 0.3) is 22.2 Å². The Kier molecular flexibility index (Phi) is 2.48. The minimum atomic E-state index is -0.626. The van der Waals surface area contributed by atoms with E-state index in [0.29, 0.717) is 10.9 Å². The molecule has 1 aromatic heterocycles. The van der Waals surface area contributed by atoms with Gasteiger partial charge in [0.1, 0.15) is 18.0 Å². The van der Waals surface area contributed by atoms with Gasteiger partial charge < -0.3 is 0 Å². The molecule has 4 heteroatoms. The molecule has 0 saturated heterocycles. The van der Waals surface area contributed by atoms with Crippen molar-refractivity contribution in [1.29, 1.82) is 0 Å². The Labute approximate surface area is 102 Å². The highest BCUT2D eigenvalue weighted by atomic mass is 19.1. The molecule has 0 fully saturated rings. The van der Waals surface area contributed by atoms with Crippen molar-refractivity contribution < 1.29 is 8.78 Å². The van der Waals surface area contributed by atoms with Crippen molar-refractivity contribution >= 4 is 10.9 Å². The Bertz CT molecular complexity index is 700. The number of para-hydroxylation sites is 1. The number of benzene rings is 2. The predicted octanol–water partition coefficient (Wildman–Crippen LogP) is 3.58. The van der Waals surface area contributed by atoms with E-state index in [1.54, 1.807) is 18.2 Å². The first-order valence-electron chi connectivity index (χ1n) is 5.41. The number of halogens is 2. The maximum absolute atomic E-state index is 13.8. The number of rotatable bonds is 1. The molecule has 0 aliphatic heterocycles. The van der Waals surface area contributed by atoms with Crippen LogP contribution >= 0.6 is 0 Å². The van der Waals surface area contributed by atoms with E-state index in [1.165, 1.54) is 24.5 Å². The molecule has 0 saturated carbocycles. The van der Waals surface area contributed by atoms with Crippen molar-refractivity contribution in [3.63, 3.8) is 0 Å². The van der Waals surface area contributed by atoms with E-state index in [1.807, 2.05) is 6.07 Å². The summed E-state index contributed by atoms with van der Waals surface area (Å²) in [5.74, 6) is -1.25. The third kappa shape index (κ3) is 1.62. The van der Waals surface area contributed by atoms with Crippen LogP contribution in [0, 0.1) is 11.6 Å². The van der Waals surface area contributed by atoms with E-state index in [0.717, 1.165) is 0 Å². The number of fused-ring (bicyclic) bond motifs is 1. The Morgan fingerprint density at radius 1 is 0.778 bits per heavy atom. The molecule has 0 aliphatic rings. The Morgan fingerprint density at radius 2 is 1.50 bits per heavy atom. The summed E-state index contributed by atoms with van der Waals surface area (Å²) in [7, 11) is 0. The summed E-state index contributed by atoms with van der Waals surface area (Å²) in [5, 5.41) is 0.629. The van der Waals surface area contributed by atoms with Crippen molar-refractivity contribution in [1.82, 2.24) is 9.97 Å². The number of nitrogens with zero attached hydrogens (tertiary/aromatic N) is 2. The average molecular weight is 242 g/mol. The van der Waals surface area contributed by atoms with Gasteiger partial charge in [0.2, 0.25) is 0 Å². The molecule has 0 spiro atoms. The Morgan fingerprint density at radius 3 is 2.28 bits per heavy atom. The van der Waals surface area contributed by atoms with Gasteiger partial charge in [-0.3, -0.25) is 0 Å². The molecule has 2 aromatic carbocycles. The van der Waals surface area contributed by atoms with E-state index in [9.17, 15) is 8.78 Å². The van der Waals surface area contributed by atoms with Crippen molar-refractivity contribution in [2.45, 2.75) is 0 Å². The van der Waals surface area contributed by atoms with E-state index >= 15 is 0 Å². The Balaban J connectivity index is 2.39. The molecule has 3 rings (SSSR count). The fourth-order valence-corrected chi connectivity index (χ4v) is 1.93. The van der Waals surface area contributed by atoms with E-state index in [-0.39, 0.29) is 11.3 Å². The molecule has 0 aliphatic carbocycles. The largest absolute Gasteiger partial charge is 0.236 e. The monoisotopic (exact) mass is 242 g/mol. The second-order valence-electron chi connectivity index (χ2n) is 3.84. The van der Waals surface area contributed by atoms with Crippen molar-refractivity contribution in [3.05, 3.63) is 60.4 Å². The first-order valence-corrected chi connectivity index (χ1v) is 5.41. The molecule has 0 amide bonds. The van der Waals surface area contributed by atoms with Crippen molar-refractivity contribution in [3.8, 4) is 11.3 Å². The average Bonchev–Trinajstić information content (AvgIpc) is 2.39. The van der Waals surface area contributed by atoms with Gasteiger partial charge >= 0.3 is 0 Å². The van der Waals surface area contributed by atoms with Gasteiger partial charge in [0, 0.05) is 5.39 Å². The SMILES string of the molecule is Fc1cccc(F)c1-c1ncnc2ccccc12. The lowest BCUT2D eigenvalue weighted by Crippen LogP contribution is -1.94. The van der Waals surface area contributed by atoms with E-state index in [4.69, 9.17) is 0 Å². The minimum Gasteiger partial charge on any atom is -0.236 e. The fourth-order valence-electron chi connectivity index (χ4n) is 1.93. The first-order chi connectivity index (χ1) is 8.77. The van der Waals surface area contributed by atoms with Crippen LogP contribution in [0.1, 0.15) is 0 Å². The third-order valence-electron chi connectivity index (χ3n) is 2.74. The topological polar surface area (TPSA) is 25.8 Å². The summed E-state index contributed by atoms with van der Waals surface area (Å²) >= 11 is 0. The zero-order valence-corrected chi connectivity index (χ0v) is 9.27. The maximum Gasteiger partial charge on any atom is 0.135 e. The predicted molar refractivity (Wildman–Crippen MR) is 64.9 cm³/mol. The van der Waals surface area contributed by atoms with E-state index < -0.39 is 11.6 Å². The van der Waals surface area contributed by atoms with Crippen LogP contribution in [-0.2, 0) is 0 Å². The van der Waals surface area contributed by atoms with Crippen LogP contribution in [0.15, 0.2) is 48.8 Å². The van der Waals surface area contributed by atoms with Gasteiger partial charge in [-0.15, -0.1) is 0 Å². The molecular formula is C14H8F2N2. The molecule has 0 atom stereocenters. The molecule has 0 radical (unpaired) electrons. The highest BCUT2D eigenvalue weighted by Gasteiger charge is 2.14. The molecule has 1 heterocycles. The Hall–Kier alpha value is -2.36. The summed E-state index contributed by atoms with van der Waals surface area (Å²) in [6.45, 7) is 0. The third-order valence-corrected chi connectivity index (χ3v) is 2.74. The molecule has 0 unspecified atom stereocenters. The van der Waals surface area contributed by atoms with Crippen LogP contribution < -0.4 is 0 Å². The lowest BCUT2D eigenvalue weighted by Gasteiger charge is -2.07. The molecule has 0 N–H and O–H groups in total. The zero-order chi connectivity index (χ0) is 12.5. The van der Waals surface area contributed by atoms with Crippen LogP contribution in [0.3, 0.4) is 0 Å². The lowest BCUT2D eigenvalue weighted by molar-refractivity contribution is 0.589. The summed E-state index contributed by atoms with van der Waals surface area (Å²) in [4.78, 5) is 8.08. The van der Waals surface area contributed by atoms with Gasteiger partial charge in [-0.05, 0) is 18.2 Å². The zero-order valence-electron chi connectivity index (χ0n) is 9.27. The standard InChI is InChI=1S/C14H8F2N2/c15-10-5-3-6-11(16)13(10)14-9-4-1-2-7-12(9)17-8-18-14/h1-8H. The van der Waals surface area contributed by atoms with Gasteiger partial charge in [0.05, 0.1) is 16.8 Å². The van der Waals surface area contributed by atoms with Gasteiger partial charge in [-0.2, -0.15) is 0 Å². The van der Waals surface area contributed by atoms with Gasteiger partial charge in [0.25, 0.3) is 0 Å². The van der Waals surface area contributed by atoms with Crippen molar-refractivity contribution in [2.24, 2.45) is 0 Å². The number of hydrogen-bond donors (Lipinski definition) is 0. The molecule has 18 heavy (non-hydrogen) atoms. The molecular weight excluding hydrogens is 234 g/mol. The van der Waals surface area contributed by atoms with Crippen molar-refractivity contribution in [2.75, 3.05) is 0 Å². The quantitative estimate of drug-likeness (QED) is 0.651. The molecule has 0 bridgehead atoms. The van der Waals surface area contributed by atoms with Crippen LogP contribution in [0.5, 0.6) is 0 Å². The second kappa shape index (κ2) is 4.14. The number of hydrogen-bond acceptors (Lipinski definition) is 2. The molecule has 88 valence electrons. The fraction of sp³-hybridized carbons (Fsp3) is 0. The summed E-state index contributed by atoms with van der Waals surface area (Å²) < 4.78 is 27.5. The van der Waals surface area contributed by atoms with Gasteiger partial charge in [-0.1, -0.05) is 24.3 Å². The summed E-state index contributed by atoms with van der Waals surface area (Å²) in [5.41, 5.74) is 0.817. The van der Waals surface area contributed by atoms with Crippen LogP contribution in [-0.4, -0.2) is 9.97 Å². The summed E-state index contributed by atoms with van der Waals surface area (Å²) in [6.07, 6.45) is 1.31. The normalized spacial score (nSPS) is 10.8. The van der Waals surface area contributed by atoms with E-state index in [2.05, 4.69) is 9.97 Å². The van der Waals surface area contributed by atoms with Crippen LogP contribution in [0.4, 0.5) is 8.78 Å². The molecule has 2 nitrogen and oxygen atoms in total. The lowest BCUT2D eigenvalue weighted by atomic mass is 10.1. The second-order valence-corrected chi connectivity index (χ2v) is 3.84. The molecule has 3 aromatic rings.